The molecule has 0 N–H and O–H groups in total. The highest BCUT2D eigenvalue weighted by molar-refractivity contribution is 7.88. The van der Waals surface area contributed by atoms with Gasteiger partial charge in [0, 0.05) is 24.1 Å². The standard InChI is InChI=1S/C20H11F6N3O5S2/c1-28-15(19(21,22)23)9-16(30)29(18(28)31)10-6-7-14-12(8-10)17(27-35-14)11-4-2-3-5-13(11)34-36(32,33)20(24,25)26/h2-9H,1H3. The fourth-order valence-electron chi connectivity index (χ4n) is 3.30. The zero-order valence-electron chi connectivity index (χ0n) is 17.6. The SMILES string of the molecule is Cn1c(C(F)(F)F)cc(=O)n(-c2ccc3snc(-c4ccccc4OS(=O)(=O)C(F)(F)F)c3c2)c1=O. The van der Waals surface area contributed by atoms with E-state index in [-0.39, 0.29) is 33.0 Å². The first-order valence-electron chi connectivity index (χ1n) is 9.52. The Kier molecular flexibility index (Phi) is 5.99. The predicted molar refractivity (Wildman–Crippen MR) is 116 cm³/mol. The molecule has 16 heteroatoms. The van der Waals surface area contributed by atoms with E-state index in [0.717, 1.165) is 24.6 Å². The molecule has 0 saturated heterocycles. The Morgan fingerprint density at radius 2 is 1.64 bits per heavy atom. The summed E-state index contributed by atoms with van der Waals surface area (Å²) in [5, 5.41) is 0.173. The molecule has 0 unspecified atom stereocenters. The van der Waals surface area contributed by atoms with Crippen LogP contribution >= 0.6 is 11.5 Å². The van der Waals surface area contributed by atoms with Gasteiger partial charge >= 0.3 is 27.5 Å². The van der Waals surface area contributed by atoms with Gasteiger partial charge in [-0.15, -0.1) is 0 Å². The Morgan fingerprint density at radius 3 is 2.28 bits per heavy atom. The van der Waals surface area contributed by atoms with Crippen molar-refractivity contribution in [2.24, 2.45) is 7.05 Å². The van der Waals surface area contributed by atoms with Crippen LogP contribution in [0.1, 0.15) is 5.69 Å². The van der Waals surface area contributed by atoms with E-state index >= 15 is 0 Å². The maximum Gasteiger partial charge on any atom is 0.534 e. The summed E-state index contributed by atoms with van der Waals surface area (Å²) in [7, 11) is -5.17. The van der Waals surface area contributed by atoms with Gasteiger partial charge in [-0.2, -0.15) is 39.1 Å². The van der Waals surface area contributed by atoms with Gasteiger partial charge in [0.05, 0.1) is 16.1 Å². The molecule has 0 aliphatic rings. The fraction of sp³-hybridized carbons (Fsp3) is 0.150. The molecule has 0 spiro atoms. The number of hydrogen-bond acceptors (Lipinski definition) is 7. The first kappa shape index (κ1) is 25.4. The zero-order valence-corrected chi connectivity index (χ0v) is 19.2. The quantitative estimate of drug-likeness (QED) is 0.216. The summed E-state index contributed by atoms with van der Waals surface area (Å²) in [6, 6.07) is 8.98. The van der Waals surface area contributed by atoms with Gasteiger partial charge in [-0.05, 0) is 41.9 Å². The smallest absolute Gasteiger partial charge is 0.375 e. The van der Waals surface area contributed by atoms with E-state index in [1.165, 1.54) is 36.4 Å². The fourth-order valence-corrected chi connectivity index (χ4v) is 4.54. The molecule has 0 amide bonds. The molecule has 2 aromatic carbocycles. The van der Waals surface area contributed by atoms with Crippen LogP contribution in [0.3, 0.4) is 0 Å². The molecule has 0 radical (unpaired) electrons. The van der Waals surface area contributed by atoms with Crippen LogP contribution in [-0.2, 0) is 23.3 Å². The zero-order chi connectivity index (χ0) is 26.6. The summed E-state index contributed by atoms with van der Waals surface area (Å²) >= 11 is 0.866. The van der Waals surface area contributed by atoms with E-state index in [0.29, 0.717) is 9.27 Å². The molecule has 2 heterocycles. The minimum Gasteiger partial charge on any atom is -0.375 e. The van der Waals surface area contributed by atoms with Crippen LogP contribution in [0.15, 0.2) is 58.1 Å². The average molecular weight is 551 g/mol. The van der Waals surface area contributed by atoms with Crippen molar-refractivity contribution in [3.05, 3.63) is 75.1 Å². The number of benzene rings is 2. The van der Waals surface area contributed by atoms with Crippen molar-refractivity contribution in [3.63, 3.8) is 0 Å². The summed E-state index contributed by atoms with van der Waals surface area (Å²) in [5.74, 6) is -0.685. The Labute approximate surface area is 200 Å². The molecule has 2 aromatic heterocycles. The third kappa shape index (κ3) is 4.37. The molecule has 0 atom stereocenters. The molecule has 0 fully saturated rings. The van der Waals surface area contributed by atoms with Gasteiger partial charge < -0.3 is 4.18 Å². The van der Waals surface area contributed by atoms with Crippen LogP contribution in [0.4, 0.5) is 26.3 Å². The van der Waals surface area contributed by atoms with Crippen molar-refractivity contribution in [1.82, 2.24) is 13.5 Å². The molecular formula is C20H11F6N3O5S2. The third-order valence-electron chi connectivity index (χ3n) is 4.95. The molecule has 36 heavy (non-hydrogen) atoms. The Balaban J connectivity index is 1.90. The number of para-hydroxylation sites is 1. The summed E-state index contributed by atoms with van der Waals surface area (Å²) in [5.41, 5.74) is -10.0. The van der Waals surface area contributed by atoms with E-state index in [4.69, 9.17) is 0 Å². The lowest BCUT2D eigenvalue weighted by Gasteiger charge is -2.14. The molecule has 0 saturated carbocycles. The first-order chi connectivity index (χ1) is 16.6. The molecule has 190 valence electrons. The minimum atomic E-state index is -6.01. The lowest BCUT2D eigenvalue weighted by atomic mass is 10.1. The maximum absolute atomic E-state index is 13.1. The second-order valence-electron chi connectivity index (χ2n) is 7.23. The van der Waals surface area contributed by atoms with Crippen molar-refractivity contribution in [2.75, 3.05) is 0 Å². The van der Waals surface area contributed by atoms with E-state index in [1.807, 2.05) is 0 Å². The summed E-state index contributed by atoms with van der Waals surface area (Å²) in [4.78, 5) is 25.0. The van der Waals surface area contributed by atoms with Crippen LogP contribution in [0, 0.1) is 0 Å². The predicted octanol–water partition coefficient (Wildman–Crippen LogP) is 4.06. The lowest BCUT2D eigenvalue weighted by Crippen LogP contribution is -2.40. The molecule has 0 bridgehead atoms. The number of fused-ring (bicyclic) bond motifs is 1. The third-order valence-corrected chi connectivity index (χ3v) is 6.74. The van der Waals surface area contributed by atoms with Crippen molar-refractivity contribution in [2.45, 2.75) is 11.7 Å². The van der Waals surface area contributed by atoms with Crippen molar-refractivity contribution in [1.29, 1.82) is 0 Å². The second-order valence-corrected chi connectivity index (χ2v) is 9.58. The lowest BCUT2D eigenvalue weighted by molar-refractivity contribution is -0.144. The number of hydrogen-bond donors (Lipinski definition) is 0. The summed E-state index contributed by atoms with van der Waals surface area (Å²) in [6.07, 6.45) is -4.96. The highest BCUT2D eigenvalue weighted by Crippen LogP contribution is 2.39. The maximum atomic E-state index is 13.1. The summed E-state index contributed by atoms with van der Waals surface area (Å²) in [6.45, 7) is 0. The largest absolute Gasteiger partial charge is 0.534 e. The molecule has 4 rings (SSSR count). The Hall–Kier alpha value is -3.66. The van der Waals surface area contributed by atoms with Crippen LogP contribution < -0.4 is 15.4 Å². The topological polar surface area (TPSA) is 100 Å². The second kappa shape index (κ2) is 8.48. The highest BCUT2D eigenvalue weighted by Gasteiger charge is 2.49. The Morgan fingerprint density at radius 1 is 0.972 bits per heavy atom. The van der Waals surface area contributed by atoms with Gasteiger partial charge in [0.1, 0.15) is 5.69 Å². The number of aromatic nitrogens is 3. The van der Waals surface area contributed by atoms with Crippen LogP contribution in [0.25, 0.3) is 27.0 Å². The van der Waals surface area contributed by atoms with Gasteiger partial charge in [0.15, 0.2) is 5.75 Å². The number of halogens is 6. The number of nitrogens with zero attached hydrogens (tertiary/aromatic N) is 3. The molecule has 0 aliphatic heterocycles. The Bertz CT molecular complexity index is 1720. The van der Waals surface area contributed by atoms with E-state index in [2.05, 4.69) is 8.56 Å². The average Bonchev–Trinajstić information content (AvgIpc) is 3.18. The van der Waals surface area contributed by atoms with Gasteiger partial charge in [-0.3, -0.25) is 9.36 Å². The van der Waals surface area contributed by atoms with Gasteiger partial charge in [0.2, 0.25) is 0 Å². The first-order valence-corrected chi connectivity index (χ1v) is 11.7. The van der Waals surface area contributed by atoms with Crippen LogP contribution in [-0.4, -0.2) is 27.4 Å². The van der Waals surface area contributed by atoms with Crippen LogP contribution in [0.2, 0.25) is 0 Å². The van der Waals surface area contributed by atoms with Gasteiger partial charge in [-0.1, -0.05) is 12.1 Å². The number of rotatable bonds is 4. The normalized spacial score (nSPS) is 12.8. The van der Waals surface area contributed by atoms with E-state index in [1.54, 1.807) is 0 Å². The van der Waals surface area contributed by atoms with Crippen molar-refractivity contribution >= 4 is 31.7 Å². The van der Waals surface area contributed by atoms with Crippen LogP contribution in [0.5, 0.6) is 5.75 Å². The highest BCUT2D eigenvalue weighted by atomic mass is 32.2. The van der Waals surface area contributed by atoms with Crippen molar-refractivity contribution in [3.8, 4) is 22.7 Å². The molecular weight excluding hydrogens is 540 g/mol. The molecule has 4 aromatic rings. The number of alkyl halides is 6. The summed E-state index contributed by atoms with van der Waals surface area (Å²) < 4.78 is 111. The molecule has 0 aliphatic carbocycles. The van der Waals surface area contributed by atoms with Gasteiger partial charge in [0.25, 0.3) is 5.56 Å². The van der Waals surface area contributed by atoms with Crippen molar-refractivity contribution < 1.29 is 38.9 Å². The monoisotopic (exact) mass is 551 g/mol. The minimum absolute atomic E-state index is 0.0402. The van der Waals surface area contributed by atoms with E-state index in [9.17, 15) is 44.3 Å². The van der Waals surface area contributed by atoms with Gasteiger partial charge in [-0.25, -0.2) is 9.36 Å². The molecule has 8 nitrogen and oxygen atoms in total. The van der Waals surface area contributed by atoms with E-state index < -0.39 is 44.5 Å².